The first-order chi connectivity index (χ1) is 8.99. The molecule has 100 valence electrons. The highest BCUT2D eigenvalue weighted by Gasteiger charge is 2.28. The summed E-state index contributed by atoms with van der Waals surface area (Å²) in [5.41, 5.74) is 0.684. The molecule has 0 fully saturated rings. The van der Waals surface area contributed by atoms with Crippen molar-refractivity contribution in [1.82, 2.24) is 0 Å². The molecule has 2 rings (SSSR count). The summed E-state index contributed by atoms with van der Waals surface area (Å²) in [6.45, 7) is 1.64. The van der Waals surface area contributed by atoms with Gasteiger partial charge < -0.3 is 5.11 Å². The van der Waals surface area contributed by atoms with Crippen LogP contribution in [-0.4, -0.2) is 11.1 Å². The first kappa shape index (κ1) is 14.2. The normalized spacial score (nSPS) is 14.1. The first-order valence-electron chi connectivity index (χ1n) is 5.72. The lowest BCUT2D eigenvalue weighted by Gasteiger charge is -2.20. The predicted molar refractivity (Wildman–Crippen MR) is 77.1 cm³/mol. The summed E-state index contributed by atoms with van der Waals surface area (Å²) in [5.74, 6) is -2.20. The Morgan fingerprint density at radius 2 is 2.11 bits per heavy atom. The van der Waals surface area contributed by atoms with Gasteiger partial charge in [-0.1, -0.05) is 19.1 Å². The van der Waals surface area contributed by atoms with Gasteiger partial charge in [-0.15, -0.1) is 11.3 Å². The Hall–Kier alpha value is -1.20. The van der Waals surface area contributed by atoms with Crippen molar-refractivity contribution in [1.29, 1.82) is 0 Å². The van der Waals surface area contributed by atoms with Crippen molar-refractivity contribution in [2.45, 2.75) is 12.8 Å². The summed E-state index contributed by atoms with van der Waals surface area (Å²) in [6, 6.07) is 9.88. The predicted octanol–water partition coefficient (Wildman–Crippen LogP) is 4.50. The number of carboxylic acid groups (broad SMARTS) is 1. The van der Waals surface area contributed by atoms with E-state index in [4.69, 9.17) is 0 Å². The number of aliphatic carboxylic acids is 1. The van der Waals surface area contributed by atoms with Crippen LogP contribution in [0.2, 0.25) is 0 Å². The maximum atomic E-state index is 13.4. The van der Waals surface area contributed by atoms with Crippen molar-refractivity contribution in [3.63, 3.8) is 0 Å². The van der Waals surface area contributed by atoms with Crippen LogP contribution < -0.4 is 0 Å². The molecule has 2 aromatic rings. The van der Waals surface area contributed by atoms with Crippen LogP contribution in [0.5, 0.6) is 0 Å². The van der Waals surface area contributed by atoms with E-state index in [0.29, 0.717) is 5.56 Å². The highest BCUT2D eigenvalue weighted by atomic mass is 79.9. The molecule has 2 atom stereocenters. The Morgan fingerprint density at radius 1 is 1.37 bits per heavy atom. The zero-order valence-corrected chi connectivity index (χ0v) is 12.5. The van der Waals surface area contributed by atoms with Crippen LogP contribution in [-0.2, 0) is 4.79 Å². The highest BCUT2D eigenvalue weighted by molar-refractivity contribution is 9.11. The van der Waals surface area contributed by atoms with Crippen LogP contribution >= 0.6 is 27.3 Å². The standard InChI is InChI=1S/C14H12BrFO2S/c1-8(14(17)18)13(11-5-6-12(15)19-11)9-3-2-4-10(16)7-9/h2-8,13H,1H3,(H,17,18). The van der Waals surface area contributed by atoms with E-state index in [-0.39, 0.29) is 11.7 Å². The molecule has 0 bridgehead atoms. The van der Waals surface area contributed by atoms with Crippen molar-refractivity contribution in [3.8, 4) is 0 Å². The van der Waals surface area contributed by atoms with Crippen molar-refractivity contribution in [2.75, 3.05) is 0 Å². The van der Waals surface area contributed by atoms with Crippen LogP contribution in [0.15, 0.2) is 40.2 Å². The summed E-state index contributed by atoms with van der Waals surface area (Å²) in [4.78, 5) is 12.2. The molecule has 5 heteroatoms. The molecule has 0 aliphatic carbocycles. The van der Waals surface area contributed by atoms with Gasteiger partial charge in [0.1, 0.15) is 5.82 Å². The molecular weight excluding hydrogens is 331 g/mol. The number of benzene rings is 1. The third-order valence-corrected chi connectivity index (χ3v) is 4.70. The molecule has 0 aliphatic heterocycles. The molecule has 0 saturated heterocycles. The molecule has 0 spiro atoms. The molecule has 0 aliphatic rings. The van der Waals surface area contributed by atoms with Crippen molar-refractivity contribution in [3.05, 3.63) is 56.4 Å². The smallest absolute Gasteiger partial charge is 0.307 e. The Balaban J connectivity index is 2.48. The molecular formula is C14H12BrFO2S. The van der Waals surface area contributed by atoms with Gasteiger partial charge in [-0.3, -0.25) is 4.79 Å². The number of thiophene rings is 1. The number of halogens is 2. The molecule has 0 radical (unpaired) electrons. The van der Waals surface area contributed by atoms with Gasteiger partial charge in [0.2, 0.25) is 0 Å². The number of carboxylic acids is 1. The van der Waals surface area contributed by atoms with Crippen LogP contribution in [0.1, 0.15) is 23.3 Å². The van der Waals surface area contributed by atoms with E-state index in [2.05, 4.69) is 15.9 Å². The summed E-state index contributed by atoms with van der Waals surface area (Å²) in [5, 5.41) is 9.25. The summed E-state index contributed by atoms with van der Waals surface area (Å²) < 4.78 is 14.3. The molecule has 1 N–H and O–H groups in total. The van der Waals surface area contributed by atoms with Crippen LogP contribution in [0.4, 0.5) is 4.39 Å². The van der Waals surface area contributed by atoms with E-state index < -0.39 is 11.9 Å². The van der Waals surface area contributed by atoms with Gasteiger partial charge in [-0.05, 0) is 45.8 Å². The second-order valence-electron chi connectivity index (χ2n) is 4.30. The number of rotatable bonds is 4. The van der Waals surface area contributed by atoms with Crippen molar-refractivity contribution < 1.29 is 14.3 Å². The van der Waals surface area contributed by atoms with E-state index in [9.17, 15) is 14.3 Å². The average molecular weight is 343 g/mol. The van der Waals surface area contributed by atoms with E-state index >= 15 is 0 Å². The topological polar surface area (TPSA) is 37.3 Å². The monoisotopic (exact) mass is 342 g/mol. The van der Waals surface area contributed by atoms with Gasteiger partial charge in [-0.25, -0.2) is 4.39 Å². The van der Waals surface area contributed by atoms with Crippen LogP contribution in [0.3, 0.4) is 0 Å². The zero-order valence-electron chi connectivity index (χ0n) is 10.1. The lowest BCUT2D eigenvalue weighted by molar-refractivity contribution is -0.141. The fraction of sp³-hybridized carbons (Fsp3) is 0.214. The van der Waals surface area contributed by atoms with E-state index in [1.165, 1.54) is 23.5 Å². The second kappa shape index (κ2) is 5.84. The van der Waals surface area contributed by atoms with Gasteiger partial charge in [-0.2, -0.15) is 0 Å². The van der Waals surface area contributed by atoms with Crippen LogP contribution in [0.25, 0.3) is 0 Å². The Kier molecular flexibility index (Phi) is 4.37. The van der Waals surface area contributed by atoms with E-state index in [1.807, 2.05) is 12.1 Å². The maximum absolute atomic E-state index is 13.4. The van der Waals surface area contributed by atoms with Gasteiger partial charge in [0.15, 0.2) is 0 Å². The van der Waals surface area contributed by atoms with Crippen molar-refractivity contribution >= 4 is 33.2 Å². The largest absolute Gasteiger partial charge is 0.481 e. The zero-order chi connectivity index (χ0) is 14.0. The van der Waals surface area contributed by atoms with E-state index in [1.54, 1.807) is 19.1 Å². The van der Waals surface area contributed by atoms with Crippen LogP contribution in [0, 0.1) is 11.7 Å². The SMILES string of the molecule is CC(C(=O)O)C(c1cccc(F)c1)c1ccc(Br)s1. The molecule has 2 nitrogen and oxygen atoms in total. The molecule has 2 unspecified atom stereocenters. The van der Waals surface area contributed by atoms with E-state index in [0.717, 1.165) is 8.66 Å². The lowest BCUT2D eigenvalue weighted by Crippen LogP contribution is -2.19. The highest BCUT2D eigenvalue weighted by Crippen LogP contribution is 2.38. The lowest BCUT2D eigenvalue weighted by atomic mass is 9.86. The number of hydrogen-bond donors (Lipinski definition) is 1. The van der Waals surface area contributed by atoms with Crippen molar-refractivity contribution in [2.24, 2.45) is 5.92 Å². The third-order valence-electron chi connectivity index (χ3n) is 3.00. The summed E-state index contributed by atoms with van der Waals surface area (Å²) in [7, 11) is 0. The minimum absolute atomic E-state index is 0.343. The number of hydrogen-bond acceptors (Lipinski definition) is 2. The molecule has 1 aromatic heterocycles. The molecule has 19 heavy (non-hydrogen) atoms. The average Bonchev–Trinajstić information content (AvgIpc) is 2.76. The van der Waals surface area contributed by atoms with Gasteiger partial charge in [0, 0.05) is 10.8 Å². The molecule has 1 heterocycles. The fourth-order valence-corrected chi connectivity index (χ4v) is 3.69. The minimum atomic E-state index is -0.890. The molecule has 0 amide bonds. The fourth-order valence-electron chi connectivity index (χ4n) is 2.04. The second-order valence-corrected chi connectivity index (χ2v) is 6.80. The van der Waals surface area contributed by atoms with Gasteiger partial charge in [0.05, 0.1) is 9.70 Å². The maximum Gasteiger partial charge on any atom is 0.307 e. The van der Waals surface area contributed by atoms with Gasteiger partial charge in [0.25, 0.3) is 0 Å². The van der Waals surface area contributed by atoms with Gasteiger partial charge >= 0.3 is 5.97 Å². The quantitative estimate of drug-likeness (QED) is 0.887. The Morgan fingerprint density at radius 3 is 2.63 bits per heavy atom. The minimum Gasteiger partial charge on any atom is -0.481 e. The first-order valence-corrected chi connectivity index (χ1v) is 7.33. The Labute approximate surface area is 123 Å². The molecule has 0 saturated carbocycles. The molecule has 1 aromatic carbocycles. The Bertz CT molecular complexity index is 597. The number of carbonyl (C=O) groups is 1. The summed E-state index contributed by atoms with van der Waals surface area (Å²) >= 11 is 4.84. The summed E-state index contributed by atoms with van der Waals surface area (Å²) in [6.07, 6.45) is 0. The third kappa shape index (κ3) is 3.22.